The molecule has 0 saturated heterocycles. The van der Waals surface area contributed by atoms with E-state index in [0.717, 1.165) is 68.1 Å². The van der Waals surface area contributed by atoms with Gasteiger partial charge in [-0.2, -0.15) is 18.3 Å². The molecule has 0 amide bonds. The maximum absolute atomic E-state index is 13.1. The van der Waals surface area contributed by atoms with Crippen molar-refractivity contribution in [3.63, 3.8) is 0 Å². The number of aromatic amines is 1. The van der Waals surface area contributed by atoms with Crippen molar-refractivity contribution in [3.8, 4) is 16.9 Å². The fourth-order valence-electron chi connectivity index (χ4n) is 5.40. The zero-order valence-electron chi connectivity index (χ0n) is 20.8. The van der Waals surface area contributed by atoms with Gasteiger partial charge in [0.2, 0.25) is 0 Å². The summed E-state index contributed by atoms with van der Waals surface area (Å²) in [7, 11) is 0. The Morgan fingerprint density at radius 1 is 0.919 bits per heavy atom. The number of aromatic nitrogens is 4. The highest BCUT2D eigenvalue weighted by Gasteiger charge is 2.32. The number of fused-ring (bicyclic) bond motifs is 2. The molecule has 0 radical (unpaired) electrons. The fourth-order valence-corrected chi connectivity index (χ4v) is 5.40. The van der Waals surface area contributed by atoms with Crippen molar-refractivity contribution < 1.29 is 13.2 Å². The number of aryl methyl sites for hydroxylation is 3. The molecule has 188 valence electrons. The SMILES string of the molecule is Cc1cccc(C)c1-n1nc2c(c1-c1ccc(C)c3[nH]ccc13)CN(c1ccc(C(F)(F)F)cn1)CC2. The number of pyridine rings is 1. The van der Waals surface area contributed by atoms with E-state index in [1.807, 2.05) is 17.2 Å². The molecular formula is C29H26F3N5. The maximum Gasteiger partial charge on any atom is 0.417 e. The summed E-state index contributed by atoms with van der Waals surface area (Å²) in [6, 6.07) is 15.1. The highest BCUT2D eigenvalue weighted by molar-refractivity contribution is 5.97. The van der Waals surface area contributed by atoms with Gasteiger partial charge in [-0.15, -0.1) is 0 Å². The van der Waals surface area contributed by atoms with Crippen LogP contribution >= 0.6 is 0 Å². The molecule has 0 aliphatic carbocycles. The molecule has 0 fully saturated rings. The van der Waals surface area contributed by atoms with Crippen molar-refractivity contribution >= 4 is 16.7 Å². The van der Waals surface area contributed by atoms with Crippen LogP contribution in [0.4, 0.5) is 19.0 Å². The quantitative estimate of drug-likeness (QED) is 0.292. The van der Waals surface area contributed by atoms with Crippen LogP contribution in [0.1, 0.15) is 33.5 Å². The first-order chi connectivity index (χ1) is 17.7. The average Bonchev–Trinajstić information content (AvgIpc) is 3.50. The van der Waals surface area contributed by atoms with Crippen LogP contribution in [0.5, 0.6) is 0 Å². The van der Waals surface area contributed by atoms with E-state index in [9.17, 15) is 13.2 Å². The summed E-state index contributed by atoms with van der Waals surface area (Å²) < 4.78 is 41.3. The van der Waals surface area contributed by atoms with Crippen LogP contribution in [0.25, 0.3) is 27.8 Å². The van der Waals surface area contributed by atoms with E-state index < -0.39 is 11.7 Å². The van der Waals surface area contributed by atoms with Crippen molar-refractivity contribution in [1.82, 2.24) is 19.7 Å². The summed E-state index contributed by atoms with van der Waals surface area (Å²) in [6.07, 6.45) is -0.875. The lowest BCUT2D eigenvalue weighted by Crippen LogP contribution is -2.31. The largest absolute Gasteiger partial charge is 0.417 e. The van der Waals surface area contributed by atoms with Crippen LogP contribution in [0.15, 0.2) is 60.9 Å². The van der Waals surface area contributed by atoms with E-state index in [0.29, 0.717) is 25.3 Å². The number of hydrogen-bond donors (Lipinski definition) is 1. The Hall–Kier alpha value is -4.07. The molecule has 4 heterocycles. The first kappa shape index (κ1) is 23.3. The molecule has 2 aromatic carbocycles. The monoisotopic (exact) mass is 501 g/mol. The Bertz CT molecular complexity index is 1610. The van der Waals surface area contributed by atoms with E-state index in [1.54, 1.807) is 0 Å². The Labute approximate surface area is 212 Å². The zero-order valence-corrected chi connectivity index (χ0v) is 20.8. The van der Waals surface area contributed by atoms with Crippen LogP contribution in [-0.4, -0.2) is 26.3 Å². The van der Waals surface area contributed by atoms with E-state index in [4.69, 9.17) is 5.10 Å². The molecule has 6 rings (SSSR count). The maximum atomic E-state index is 13.1. The molecule has 1 N–H and O–H groups in total. The van der Waals surface area contributed by atoms with E-state index in [1.165, 1.54) is 6.07 Å². The van der Waals surface area contributed by atoms with E-state index in [2.05, 4.69) is 65.8 Å². The standard InChI is InChI=1S/C29H26F3N5/c1-17-7-9-22(21-11-13-33-26(17)21)28-23-16-36(25-10-8-20(15-34-25)29(30,31)32)14-12-24(23)35-37(28)27-18(2)5-4-6-19(27)3/h4-11,13,15,33H,12,14,16H2,1-3H3. The summed E-state index contributed by atoms with van der Waals surface area (Å²) in [6.45, 7) is 7.40. The van der Waals surface area contributed by atoms with Gasteiger partial charge in [0, 0.05) is 53.9 Å². The lowest BCUT2D eigenvalue weighted by molar-refractivity contribution is -0.137. The van der Waals surface area contributed by atoms with Crippen LogP contribution < -0.4 is 4.90 Å². The van der Waals surface area contributed by atoms with Crippen LogP contribution in [-0.2, 0) is 19.1 Å². The first-order valence-corrected chi connectivity index (χ1v) is 12.2. The van der Waals surface area contributed by atoms with Gasteiger partial charge in [-0.1, -0.05) is 30.3 Å². The number of nitrogens with zero attached hydrogens (tertiary/aromatic N) is 4. The minimum Gasteiger partial charge on any atom is -0.361 e. The molecule has 3 aromatic heterocycles. The third-order valence-corrected chi connectivity index (χ3v) is 7.27. The van der Waals surface area contributed by atoms with Gasteiger partial charge in [0.05, 0.1) is 22.6 Å². The molecule has 0 saturated carbocycles. The molecule has 37 heavy (non-hydrogen) atoms. The van der Waals surface area contributed by atoms with Gasteiger partial charge >= 0.3 is 6.18 Å². The number of para-hydroxylation sites is 1. The molecule has 8 heteroatoms. The van der Waals surface area contributed by atoms with Gasteiger partial charge in [-0.3, -0.25) is 0 Å². The summed E-state index contributed by atoms with van der Waals surface area (Å²) in [4.78, 5) is 9.56. The summed E-state index contributed by atoms with van der Waals surface area (Å²) >= 11 is 0. The predicted molar refractivity (Wildman–Crippen MR) is 139 cm³/mol. The van der Waals surface area contributed by atoms with Gasteiger partial charge in [-0.25, -0.2) is 9.67 Å². The summed E-state index contributed by atoms with van der Waals surface area (Å²) in [5, 5.41) is 6.23. The highest BCUT2D eigenvalue weighted by atomic mass is 19.4. The zero-order chi connectivity index (χ0) is 25.9. The van der Waals surface area contributed by atoms with Gasteiger partial charge in [0.15, 0.2) is 0 Å². The second-order valence-electron chi connectivity index (χ2n) is 9.70. The Morgan fingerprint density at radius 3 is 2.41 bits per heavy atom. The predicted octanol–water partition coefficient (Wildman–Crippen LogP) is 6.92. The lowest BCUT2D eigenvalue weighted by atomic mass is 9.96. The van der Waals surface area contributed by atoms with Crippen LogP contribution in [0.2, 0.25) is 0 Å². The summed E-state index contributed by atoms with van der Waals surface area (Å²) in [5.41, 5.74) is 8.95. The molecular weight excluding hydrogens is 475 g/mol. The van der Waals surface area contributed by atoms with Crippen LogP contribution in [0, 0.1) is 20.8 Å². The third-order valence-electron chi connectivity index (χ3n) is 7.27. The van der Waals surface area contributed by atoms with Crippen molar-refractivity contribution in [1.29, 1.82) is 0 Å². The van der Waals surface area contributed by atoms with Crippen molar-refractivity contribution in [3.05, 3.63) is 94.4 Å². The Balaban J connectivity index is 1.53. The van der Waals surface area contributed by atoms with E-state index in [-0.39, 0.29) is 0 Å². The Morgan fingerprint density at radius 2 is 1.70 bits per heavy atom. The summed E-state index contributed by atoms with van der Waals surface area (Å²) in [5.74, 6) is 0.528. The molecule has 0 unspecified atom stereocenters. The van der Waals surface area contributed by atoms with Crippen molar-refractivity contribution in [2.45, 2.75) is 39.9 Å². The number of rotatable bonds is 3. The van der Waals surface area contributed by atoms with Crippen molar-refractivity contribution in [2.24, 2.45) is 0 Å². The number of alkyl halides is 3. The number of benzene rings is 2. The van der Waals surface area contributed by atoms with Gasteiger partial charge in [0.25, 0.3) is 0 Å². The number of nitrogens with one attached hydrogen (secondary N) is 1. The fraction of sp³-hybridized carbons (Fsp3) is 0.241. The number of H-pyrrole nitrogens is 1. The Kier molecular flexibility index (Phi) is 5.36. The molecule has 5 nitrogen and oxygen atoms in total. The second kappa shape index (κ2) is 8.50. The average molecular weight is 502 g/mol. The van der Waals surface area contributed by atoms with Crippen LogP contribution in [0.3, 0.4) is 0 Å². The topological polar surface area (TPSA) is 49.7 Å². The molecule has 5 aromatic rings. The first-order valence-electron chi connectivity index (χ1n) is 12.2. The minimum atomic E-state index is -4.41. The lowest BCUT2D eigenvalue weighted by Gasteiger charge is -2.28. The van der Waals surface area contributed by atoms with E-state index >= 15 is 0 Å². The molecule has 0 spiro atoms. The normalized spacial score (nSPS) is 13.8. The van der Waals surface area contributed by atoms with Gasteiger partial charge in [-0.05, 0) is 55.7 Å². The molecule has 1 aliphatic heterocycles. The second-order valence-corrected chi connectivity index (χ2v) is 9.70. The highest BCUT2D eigenvalue weighted by Crippen LogP contribution is 2.39. The number of anilines is 1. The third kappa shape index (κ3) is 3.87. The van der Waals surface area contributed by atoms with Gasteiger partial charge in [0.1, 0.15) is 5.82 Å². The molecule has 0 bridgehead atoms. The number of hydrogen-bond acceptors (Lipinski definition) is 3. The smallest absolute Gasteiger partial charge is 0.361 e. The van der Waals surface area contributed by atoms with Crippen molar-refractivity contribution in [2.75, 3.05) is 11.4 Å². The molecule has 0 atom stereocenters. The minimum absolute atomic E-state index is 0.508. The number of halogens is 3. The molecule has 1 aliphatic rings. The van der Waals surface area contributed by atoms with Gasteiger partial charge < -0.3 is 9.88 Å².